The second-order valence-corrected chi connectivity index (χ2v) is 7.45. The highest BCUT2D eigenvalue weighted by Gasteiger charge is 2.09. The van der Waals surface area contributed by atoms with Crippen molar-refractivity contribution in [3.63, 3.8) is 0 Å². The highest BCUT2D eigenvalue weighted by molar-refractivity contribution is 9.10. The fourth-order valence-electron chi connectivity index (χ4n) is 2.41. The molecule has 29 heavy (non-hydrogen) atoms. The number of thioether (sulfide) groups is 1. The first-order chi connectivity index (χ1) is 14.1. The summed E-state index contributed by atoms with van der Waals surface area (Å²) in [7, 11) is 0. The molecule has 4 N–H and O–H groups in total. The quantitative estimate of drug-likeness (QED) is 0.301. The number of hydrogen-bond donors (Lipinski definition) is 4. The van der Waals surface area contributed by atoms with Gasteiger partial charge in [-0.3, -0.25) is 0 Å². The van der Waals surface area contributed by atoms with Crippen molar-refractivity contribution in [2.45, 2.75) is 4.90 Å². The number of carbonyl (C=O) groups excluding carboxylic acids is 1. The van der Waals surface area contributed by atoms with Crippen molar-refractivity contribution in [2.75, 3.05) is 35.4 Å². The van der Waals surface area contributed by atoms with Crippen molar-refractivity contribution >= 4 is 50.9 Å². The first-order valence-electron chi connectivity index (χ1n) is 8.65. The van der Waals surface area contributed by atoms with Crippen LogP contribution in [0.2, 0.25) is 0 Å². The molecule has 8 nitrogen and oxygen atoms in total. The van der Waals surface area contributed by atoms with Gasteiger partial charge in [0.05, 0.1) is 23.4 Å². The molecule has 0 bridgehead atoms. The number of halogens is 1. The lowest BCUT2D eigenvalue weighted by Crippen LogP contribution is -2.19. The average Bonchev–Trinajstić information content (AvgIpc) is 2.74. The minimum atomic E-state index is -0.363. The van der Waals surface area contributed by atoms with Crippen molar-refractivity contribution < 1.29 is 9.90 Å². The number of urea groups is 1. The second-order valence-electron chi connectivity index (χ2n) is 5.79. The molecule has 10 heteroatoms. The molecule has 3 aromatic rings. The maximum absolute atomic E-state index is 12.1. The lowest BCUT2D eigenvalue weighted by atomic mass is 10.2. The van der Waals surface area contributed by atoms with Crippen LogP contribution in [0, 0.1) is 0 Å². The van der Waals surface area contributed by atoms with Crippen LogP contribution in [0.3, 0.4) is 0 Å². The molecular formula is C19H19BrN6O2S. The zero-order valence-corrected chi connectivity index (χ0v) is 17.9. The Bertz CT molecular complexity index is 969. The van der Waals surface area contributed by atoms with Crippen LogP contribution >= 0.6 is 27.7 Å². The maximum atomic E-state index is 12.1. The fourth-order valence-corrected chi connectivity index (χ4v) is 3.11. The topological polar surface area (TPSA) is 112 Å². The van der Waals surface area contributed by atoms with Crippen LogP contribution in [0.1, 0.15) is 0 Å². The van der Waals surface area contributed by atoms with E-state index in [0.717, 1.165) is 10.5 Å². The lowest BCUT2D eigenvalue weighted by molar-refractivity contribution is 0.262. The number of rotatable bonds is 7. The van der Waals surface area contributed by atoms with Crippen LogP contribution in [0.5, 0.6) is 0 Å². The number of aliphatic hydroxyl groups excluding tert-OH is 1. The number of nitrogens with zero attached hydrogens (tertiary/aromatic N) is 3. The van der Waals surface area contributed by atoms with E-state index in [9.17, 15) is 4.79 Å². The Morgan fingerprint density at radius 3 is 2.45 bits per heavy atom. The molecule has 0 radical (unpaired) electrons. The smallest absolute Gasteiger partial charge is 0.323 e. The monoisotopic (exact) mass is 474 g/mol. The lowest BCUT2D eigenvalue weighted by Gasteiger charge is -2.11. The fraction of sp³-hybridized carbons (Fsp3) is 0.158. The van der Waals surface area contributed by atoms with E-state index in [1.807, 2.05) is 18.4 Å². The maximum Gasteiger partial charge on any atom is 0.323 e. The molecule has 0 unspecified atom stereocenters. The number of aromatic nitrogens is 3. The van der Waals surface area contributed by atoms with Crippen molar-refractivity contribution in [1.82, 2.24) is 15.0 Å². The molecule has 2 heterocycles. The summed E-state index contributed by atoms with van der Waals surface area (Å²) in [4.78, 5) is 26.0. The molecule has 0 spiro atoms. The third-order valence-corrected chi connectivity index (χ3v) is 4.97. The van der Waals surface area contributed by atoms with Crippen molar-refractivity contribution in [3.8, 4) is 11.4 Å². The van der Waals surface area contributed by atoms with Crippen LogP contribution in [-0.4, -0.2) is 45.5 Å². The Morgan fingerprint density at radius 2 is 1.79 bits per heavy atom. The molecule has 2 amide bonds. The van der Waals surface area contributed by atoms with E-state index in [0.29, 0.717) is 34.2 Å². The Morgan fingerprint density at radius 1 is 1.07 bits per heavy atom. The second kappa shape index (κ2) is 10.2. The number of anilines is 3. The normalized spacial score (nSPS) is 10.4. The molecule has 0 aliphatic carbocycles. The van der Waals surface area contributed by atoms with Gasteiger partial charge in [-0.25, -0.2) is 19.7 Å². The van der Waals surface area contributed by atoms with E-state index in [1.165, 1.54) is 11.8 Å². The van der Waals surface area contributed by atoms with E-state index >= 15 is 0 Å². The van der Waals surface area contributed by atoms with Crippen LogP contribution in [0.25, 0.3) is 11.4 Å². The SMILES string of the molecule is CSc1cnc(-c2ccc(NC(=O)Nc3ccc(Br)nc3)cc2)nc1NCCO. The Labute approximate surface area is 180 Å². The molecule has 1 aromatic carbocycles. The van der Waals surface area contributed by atoms with Gasteiger partial charge in [0, 0.05) is 24.0 Å². The minimum absolute atomic E-state index is 0.0197. The zero-order chi connectivity index (χ0) is 20.6. The van der Waals surface area contributed by atoms with E-state index in [4.69, 9.17) is 5.11 Å². The van der Waals surface area contributed by atoms with E-state index in [2.05, 4.69) is 46.8 Å². The van der Waals surface area contributed by atoms with Gasteiger partial charge in [-0.05, 0) is 58.6 Å². The van der Waals surface area contributed by atoms with Gasteiger partial charge in [0.15, 0.2) is 5.82 Å². The number of nitrogens with one attached hydrogen (secondary N) is 3. The van der Waals surface area contributed by atoms with Crippen LogP contribution in [0.4, 0.5) is 22.0 Å². The third-order valence-electron chi connectivity index (χ3n) is 3.77. The van der Waals surface area contributed by atoms with Gasteiger partial charge in [-0.2, -0.15) is 0 Å². The van der Waals surface area contributed by atoms with Gasteiger partial charge in [-0.15, -0.1) is 11.8 Å². The summed E-state index contributed by atoms with van der Waals surface area (Å²) in [5, 5.41) is 17.6. The van der Waals surface area contributed by atoms with Gasteiger partial charge in [0.2, 0.25) is 0 Å². The molecule has 3 rings (SSSR count). The Hall–Kier alpha value is -2.69. The molecule has 0 aliphatic rings. The number of amides is 2. The van der Waals surface area contributed by atoms with Crippen LogP contribution in [0.15, 0.2) is 58.3 Å². The first-order valence-corrected chi connectivity index (χ1v) is 10.7. The molecule has 0 saturated carbocycles. The summed E-state index contributed by atoms with van der Waals surface area (Å²) in [5.41, 5.74) is 2.04. The molecular weight excluding hydrogens is 456 g/mol. The van der Waals surface area contributed by atoms with Gasteiger partial charge in [-0.1, -0.05) is 0 Å². The summed E-state index contributed by atoms with van der Waals surface area (Å²) in [6.45, 7) is 0.432. The molecule has 2 aromatic heterocycles. The van der Waals surface area contributed by atoms with Gasteiger partial charge in [0.25, 0.3) is 0 Å². The largest absolute Gasteiger partial charge is 0.395 e. The third kappa shape index (κ3) is 5.89. The number of hydrogen-bond acceptors (Lipinski definition) is 7. The van der Waals surface area contributed by atoms with Crippen molar-refractivity contribution in [1.29, 1.82) is 0 Å². The predicted octanol–water partition coefficient (Wildman–Crippen LogP) is 4.07. The van der Waals surface area contributed by atoms with E-state index < -0.39 is 0 Å². The van der Waals surface area contributed by atoms with Crippen LogP contribution < -0.4 is 16.0 Å². The Balaban J connectivity index is 1.68. The zero-order valence-electron chi connectivity index (χ0n) is 15.5. The highest BCUT2D eigenvalue weighted by atomic mass is 79.9. The predicted molar refractivity (Wildman–Crippen MR) is 119 cm³/mol. The van der Waals surface area contributed by atoms with Crippen molar-refractivity contribution in [3.05, 3.63) is 53.4 Å². The van der Waals surface area contributed by atoms with E-state index in [1.54, 1.807) is 36.7 Å². The first kappa shape index (κ1) is 21.0. The molecule has 150 valence electrons. The average molecular weight is 475 g/mol. The molecule has 0 aliphatic heterocycles. The minimum Gasteiger partial charge on any atom is -0.395 e. The standard InChI is InChI=1S/C19H19BrN6O2S/c1-29-15-11-23-17(26-18(15)21-8-9-27)12-2-4-13(5-3-12)24-19(28)25-14-6-7-16(20)22-10-14/h2-7,10-11,27H,8-9H2,1H3,(H,21,23,26)(H2,24,25,28). The van der Waals surface area contributed by atoms with Crippen molar-refractivity contribution in [2.24, 2.45) is 0 Å². The summed E-state index contributed by atoms with van der Waals surface area (Å²) < 4.78 is 0.696. The van der Waals surface area contributed by atoms with Gasteiger partial charge < -0.3 is 21.1 Å². The molecule has 0 atom stereocenters. The van der Waals surface area contributed by atoms with Gasteiger partial charge in [0.1, 0.15) is 10.4 Å². The summed E-state index contributed by atoms with van der Waals surface area (Å²) >= 11 is 4.78. The Kier molecular flexibility index (Phi) is 7.39. The summed E-state index contributed by atoms with van der Waals surface area (Å²) in [6.07, 6.45) is 5.25. The van der Waals surface area contributed by atoms with E-state index in [-0.39, 0.29) is 12.6 Å². The summed E-state index contributed by atoms with van der Waals surface area (Å²) in [6, 6.07) is 10.4. The molecule has 0 fully saturated rings. The van der Waals surface area contributed by atoms with Gasteiger partial charge >= 0.3 is 6.03 Å². The number of benzene rings is 1. The molecule has 0 saturated heterocycles. The summed E-state index contributed by atoms with van der Waals surface area (Å²) in [5.74, 6) is 1.24. The number of carbonyl (C=O) groups is 1. The highest BCUT2D eigenvalue weighted by Crippen LogP contribution is 2.26. The number of aliphatic hydroxyl groups is 1. The number of pyridine rings is 1. The van der Waals surface area contributed by atoms with Crippen LogP contribution in [-0.2, 0) is 0 Å².